The Labute approximate surface area is 199 Å². The van der Waals surface area contributed by atoms with Crippen LogP contribution in [0.1, 0.15) is 47.1 Å². The summed E-state index contributed by atoms with van der Waals surface area (Å²) < 4.78 is 5.03. The topological polar surface area (TPSA) is 25.9 Å². The molecular formula is C26H24IN2OS+. The summed E-state index contributed by atoms with van der Waals surface area (Å²) in [5, 5.41) is 0.971. The molecule has 0 saturated carbocycles. The van der Waals surface area contributed by atoms with Gasteiger partial charge in [0.15, 0.2) is 4.83 Å². The van der Waals surface area contributed by atoms with E-state index in [9.17, 15) is 4.79 Å². The Morgan fingerprint density at radius 2 is 1.65 bits per heavy atom. The minimum absolute atomic E-state index is 0.172. The number of halogens is 1. The van der Waals surface area contributed by atoms with Gasteiger partial charge in [-0.3, -0.25) is 0 Å². The van der Waals surface area contributed by atoms with Gasteiger partial charge in [-0.05, 0) is 55.4 Å². The number of para-hydroxylation sites is 1. The van der Waals surface area contributed by atoms with Crippen molar-refractivity contribution >= 4 is 44.1 Å². The second-order valence-electron chi connectivity index (χ2n) is 8.56. The van der Waals surface area contributed by atoms with Gasteiger partial charge in [0.25, 0.3) is 5.82 Å². The number of fused-ring (bicyclic) bond motifs is 5. The monoisotopic (exact) mass is 539 g/mol. The third-order valence-electron chi connectivity index (χ3n) is 6.74. The lowest BCUT2D eigenvalue weighted by Crippen LogP contribution is -2.55. The van der Waals surface area contributed by atoms with Gasteiger partial charge in [-0.1, -0.05) is 82.5 Å². The molecule has 0 N–H and O–H groups in total. The van der Waals surface area contributed by atoms with Crippen molar-refractivity contribution in [2.75, 3.05) is 0 Å². The molecule has 0 radical (unpaired) electrons. The molecule has 2 atom stereocenters. The molecule has 156 valence electrons. The Kier molecular flexibility index (Phi) is 4.98. The Bertz CT molecular complexity index is 1330. The third kappa shape index (κ3) is 3.11. The molecule has 0 unspecified atom stereocenters. The lowest BCUT2D eigenvalue weighted by molar-refractivity contribution is -0.701. The van der Waals surface area contributed by atoms with Crippen molar-refractivity contribution in [2.24, 2.45) is 0 Å². The number of benzene rings is 2. The standard InChI is InChI=1S/C26H24IN2OS/c27-20-15-16-22-28(18-11-5-2-6-12-18)25(30)23-19-13-7-8-14-21(19)31-26(23)29(22)24(20)17-9-3-1-4-10-17/h1-6,9-12,20,24H,7-8,13-16H2/q+1/t20-,24+/m1/s1. The smallest absolute Gasteiger partial charge is 0.240 e. The summed E-state index contributed by atoms with van der Waals surface area (Å²) in [5.41, 5.74) is 3.80. The molecule has 5 heteroatoms. The second kappa shape index (κ2) is 7.85. The zero-order valence-electron chi connectivity index (χ0n) is 17.3. The van der Waals surface area contributed by atoms with E-state index in [-0.39, 0.29) is 11.6 Å². The van der Waals surface area contributed by atoms with Gasteiger partial charge in [-0.2, -0.15) is 4.57 Å². The summed E-state index contributed by atoms with van der Waals surface area (Å²) in [5.74, 6) is 1.14. The van der Waals surface area contributed by atoms with Crippen molar-refractivity contribution in [1.29, 1.82) is 0 Å². The van der Waals surface area contributed by atoms with Gasteiger partial charge in [-0.15, -0.1) is 0 Å². The molecule has 3 nitrogen and oxygen atoms in total. The maximum absolute atomic E-state index is 14.0. The quantitative estimate of drug-likeness (QED) is 0.186. The zero-order chi connectivity index (χ0) is 20.9. The number of nitrogens with zero attached hydrogens (tertiary/aromatic N) is 2. The van der Waals surface area contributed by atoms with Gasteiger partial charge < -0.3 is 0 Å². The van der Waals surface area contributed by atoms with E-state index in [1.54, 1.807) is 0 Å². The molecule has 0 fully saturated rings. The van der Waals surface area contributed by atoms with Crippen molar-refractivity contribution in [1.82, 2.24) is 4.57 Å². The van der Waals surface area contributed by atoms with Gasteiger partial charge in [0.05, 0.1) is 10.3 Å². The lowest BCUT2D eigenvalue weighted by Gasteiger charge is -2.29. The molecule has 1 aliphatic carbocycles. The van der Waals surface area contributed by atoms with E-state index in [4.69, 9.17) is 0 Å². The predicted molar refractivity (Wildman–Crippen MR) is 135 cm³/mol. The number of hydrogen-bond donors (Lipinski definition) is 0. The van der Waals surface area contributed by atoms with Crippen LogP contribution in [-0.2, 0) is 19.3 Å². The summed E-state index contributed by atoms with van der Waals surface area (Å²) in [6.07, 6.45) is 6.54. The van der Waals surface area contributed by atoms with Crippen molar-refractivity contribution in [3.8, 4) is 5.69 Å². The summed E-state index contributed by atoms with van der Waals surface area (Å²) in [7, 11) is 0. The van der Waals surface area contributed by atoms with Gasteiger partial charge >= 0.3 is 5.56 Å². The van der Waals surface area contributed by atoms with E-state index >= 15 is 0 Å². The van der Waals surface area contributed by atoms with Crippen LogP contribution in [0.25, 0.3) is 15.9 Å². The molecule has 31 heavy (non-hydrogen) atoms. The van der Waals surface area contributed by atoms with Gasteiger partial charge in [-0.25, -0.2) is 9.36 Å². The predicted octanol–water partition coefficient (Wildman–Crippen LogP) is 5.56. The molecule has 0 bridgehead atoms. The number of aryl methyl sites for hydroxylation is 2. The normalized spacial score (nSPS) is 20.4. The van der Waals surface area contributed by atoms with Gasteiger partial charge in [0, 0.05) is 4.88 Å². The zero-order valence-corrected chi connectivity index (χ0v) is 20.2. The van der Waals surface area contributed by atoms with Crippen molar-refractivity contribution in [3.63, 3.8) is 0 Å². The number of thiophene rings is 1. The molecule has 2 aromatic carbocycles. The molecule has 0 saturated heterocycles. The molecule has 4 aromatic rings. The van der Waals surface area contributed by atoms with Gasteiger partial charge in [0.1, 0.15) is 17.1 Å². The molecule has 6 rings (SSSR count). The maximum Gasteiger partial charge on any atom is 0.351 e. The van der Waals surface area contributed by atoms with Crippen LogP contribution in [0.5, 0.6) is 0 Å². The fraction of sp³-hybridized carbons (Fsp3) is 0.308. The van der Waals surface area contributed by atoms with Crippen LogP contribution in [-0.4, -0.2) is 8.49 Å². The third-order valence-corrected chi connectivity index (χ3v) is 9.34. The largest absolute Gasteiger partial charge is 0.351 e. The first kappa shape index (κ1) is 19.7. The second-order valence-corrected chi connectivity index (χ2v) is 11.2. The minimum atomic E-state index is 0.172. The van der Waals surface area contributed by atoms with E-state index in [1.165, 1.54) is 33.7 Å². The van der Waals surface area contributed by atoms with E-state index in [1.807, 2.05) is 34.1 Å². The summed E-state index contributed by atoms with van der Waals surface area (Å²) in [6.45, 7) is 0. The fourth-order valence-corrected chi connectivity index (χ4v) is 7.84. The number of rotatable bonds is 2. The molecule has 2 aromatic heterocycles. The Balaban J connectivity index is 1.75. The Morgan fingerprint density at radius 1 is 0.935 bits per heavy atom. The molecule has 1 aliphatic heterocycles. The first-order chi connectivity index (χ1) is 15.2. The van der Waals surface area contributed by atoms with Crippen molar-refractivity contribution < 1.29 is 4.57 Å². The molecule has 3 heterocycles. The highest BCUT2D eigenvalue weighted by molar-refractivity contribution is 14.1. The van der Waals surface area contributed by atoms with Crippen LogP contribution in [0, 0.1) is 0 Å². The van der Waals surface area contributed by atoms with E-state index < -0.39 is 0 Å². The summed E-state index contributed by atoms with van der Waals surface area (Å²) >= 11 is 4.51. The molecule has 0 spiro atoms. The van der Waals surface area contributed by atoms with Crippen LogP contribution < -0.4 is 10.1 Å². The average molecular weight is 539 g/mol. The number of alkyl halides is 1. The molecule has 2 aliphatic rings. The lowest BCUT2D eigenvalue weighted by atomic mass is 9.94. The first-order valence-electron chi connectivity index (χ1n) is 11.1. The van der Waals surface area contributed by atoms with E-state index in [2.05, 4.69) is 69.6 Å². The Morgan fingerprint density at radius 3 is 2.42 bits per heavy atom. The highest BCUT2D eigenvalue weighted by atomic mass is 127. The van der Waals surface area contributed by atoms with E-state index in [0.29, 0.717) is 3.92 Å². The number of hydrogen-bond acceptors (Lipinski definition) is 2. The van der Waals surface area contributed by atoms with Crippen LogP contribution in [0.3, 0.4) is 0 Å². The highest BCUT2D eigenvalue weighted by Crippen LogP contribution is 2.38. The first-order valence-corrected chi connectivity index (χ1v) is 13.2. The van der Waals surface area contributed by atoms with Crippen molar-refractivity contribution in [3.05, 3.63) is 92.8 Å². The molecular weight excluding hydrogens is 515 g/mol. The minimum Gasteiger partial charge on any atom is -0.240 e. The highest BCUT2D eigenvalue weighted by Gasteiger charge is 2.40. The maximum atomic E-state index is 14.0. The van der Waals surface area contributed by atoms with Crippen LogP contribution >= 0.6 is 33.9 Å². The van der Waals surface area contributed by atoms with Crippen molar-refractivity contribution in [2.45, 2.75) is 48.5 Å². The summed E-state index contributed by atoms with van der Waals surface area (Å²) in [6, 6.07) is 21.3. The Hall–Kier alpha value is -1.99. The SMILES string of the molecule is O=c1c2c3c(sc2[n+]2c(n1-c1ccccc1)CC[C@@H](I)[C@@H]2c1ccccc1)CCCC3. The number of aromatic nitrogens is 2. The summed E-state index contributed by atoms with van der Waals surface area (Å²) in [4.78, 5) is 16.6. The van der Waals surface area contributed by atoms with E-state index in [0.717, 1.165) is 42.6 Å². The van der Waals surface area contributed by atoms with Gasteiger partial charge in [0.2, 0.25) is 0 Å². The van der Waals surface area contributed by atoms with Crippen LogP contribution in [0.2, 0.25) is 0 Å². The molecule has 0 amide bonds. The average Bonchev–Trinajstić information content (AvgIpc) is 3.21. The van der Waals surface area contributed by atoms with Crippen LogP contribution in [0.15, 0.2) is 65.5 Å². The van der Waals surface area contributed by atoms with Crippen LogP contribution in [0.4, 0.5) is 0 Å². The fourth-order valence-electron chi connectivity index (χ4n) is 5.35.